The monoisotopic (exact) mass is 233 g/mol. The first-order valence-electron chi connectivity index (χ1n) is 2.35. The number of hydrogen-bond donors (Lipinski definition) is 1. The van der Waals surface area contributed by atoms with Crippen molar-refractivity contribution in [2.24, 2.45) is 5.50 Å². The van der Waals surface area contributed by atoms with Crippen molar-refractivity contribution in [2.45, 2.75) is 19.8 Å². The highest BCUT2D eigenvalue weighted by atomic mass is 127. The Bertz CT molecular complexity index is 23.7. The van der Waals surface area contributed by atoms with Crippen LogP contribution in [0.4, 0.5) is 0 Å². The zero-order valence-corrected chi connectivity index (χ0v) is 7.94. The third-order valence-corrected chi connectivity index (χ3v) is 1.32. The number of nitrogens with two attached hydrogens (primary N) is 1. The molecule has 3 heteroatoms. The molecule has 0 aromatic carbocycles. The maximum Gasteiger partial charge on any atom is -0.0225 e. The quantitative estimate of drug-likeness (QED) is 0.450. The first kappa shape index (κ1) is 11.0. The molecule has 0 saturated heterocycles. The average molecular weight is 233 g/mol. The second kappa shape index (κ2) is 10.2. The number of halogens is 1. The van der Waals surface area contributed by atoms with Gasteiger partial charge in [-0.1, -0.05) is 22.1 Å². The molecule has 1 unspecified atom stereocenters. The summed E-state index contributed by atoms with van der Waals surface area (Å²) in [5.74, 6) is 0. The van der Waals surface area contributed by atoms with Gasteiger partial charge in [0.15, 0.2) is 0 Å². The van der Waals surface area contributed by atoms with E-state index in [9.17, 15) is 0 Å². The van der Waals surface area contributed by atoms with Gasteiger partial charge in [-0.05, 0) is 12.6 Å². The van der Waals surface area contributed by atoms with Gasteiger partial charge in [0.2, 0.25) is 0 Å². The van der Waals surface area contributed by atoms with Gasteiger partial charge in [0.1, 0.15) is 0 Å². The van der Waals surface area contributed by atoms with E-state index in [1.54, 1.807) is 0 Å². The first-order valence-corrected chi connectivity index (χ1v) is 3.63. The van der Waals surface area contributed by atoms with E-state index >= 15 is 0 Å². The second-order valence-corrected chi connectivity index (χ2v) is 2.22. The van der Waals surface area contributed by atoms with Gasteiger partial charge in [0.05, 0.1) is 0 Å². The number of hydrogen-bond acceptors (Lipinski definition) is 1. The molecule has 0 aliphatic carbocycles. The summed E-state index contributed by atoms with van der Waals surface area (Å²) in [7, 11) is 0.665. The molecule has 0 aromatic heterocycles. The summed E-state index contributed by atoms with van der Waals surface area (Å²) in [5.41, 5.74) is 5.24. The van der Waals surface area contributed by atoms with Gasteiger partial charge in [0.25, 0.3) is 0 Å². The third-order valence-electron chi connectivity index (χ3n) is 0.675. The molecule has 0 amide bonds. The fourth-order valence-corrected chi connectivity index (χ4v) is 0.837. The molecule has 0 saturated carbocycles. The van der Waals surface area contributed by atoms with Crippen molar-refractivity contribution in [2.75, 3.05) is 6.16 Å². The first-order chi connectivity index (χ1) is 2.91. The molecule has 0 rings (SSSR count). The van der Waals surface area contributed by atoms with Crippen LogP contribution in [0.2, 0.25) is 0 Å². The number of unbranched alkanes of at least 4 members (excludes halogenated alkanes) is 1. The summed E-state index contributed by atoms with van der Waals surface area (Å²) in [6.45, 7) is 2.18. The van der Waals surface area contributed by atoms with Gasteiger partial charge in [-0.3, -0.25) is 0 Å². The van der Waals surface area contributed by atoms with Crippen LogP contribution < -0.4 is 5.50 Å². The molecule has 0 aromatic rings. The highest BCUT2D eigenvalue weighted by Gasteiger charge is 1.75. The van der Waals surface area contributed by atoms with Crippen molar-refractivity contribution < 1.29 is 0 Å². The van der Waals surface area contributed by atoms with E-state index in [1.807, 2.05) is 0 Å². The lowest BCUT2D eigenvalue weighted by Crippen LogP contribution is -1.78. The molecular weight excluding hydrogens is 220 g/mol. The van der Waals surface area contributed by atoms with E-state index < -0.39 is 0 Å². The third kappa shape index (κ3) is 11.0. The fourth-order valence-electron chi connectivity index (χ4n) is 0.279. The van der Waals surface area contributed by atoms with E-state index in [2.05, 4.69) is 6.92 Å². The van der Waals surface area contributed by atoms with Crippen LogP contribution in [0.3, 0.4) is 0 Å². The molecule has 0 spiro atoms. The molecule has 0 heterocycles. The number of rotatable bonds is 3. The van der Waals surface area contributed by atoms with E-state index in [-0.39, 0.29) is 24.0 Å². The van der Waals surface area contributed by atoms with Crippen molar-refractivity contribution in [1.29, 1.82) is 0 Å². The maximum absolute atomic E-state index is 5.24. The van der Waals surface area contributed by atoms with Crippen LogP contribution in [-0.4, -0.2) is 6.16 Å². The summed E-state index contributed by atoms with van der Waals surface area (Å²) < 4.78 is 0. The van der Waals surface area contributed by atoms with Gasteiger partial charge in [-0.25, -0.2) is 0 Å². The Labute approximate surface area is 64.3 Å². The minimum Gasteiger partial charge on any atom is -0.312 e. The van der Waals surface area contributed by atoms with Crippen molar-refractivity contribution in [1.82, 2.24) is 0 Å². The van der Waals surface area contributed by atoms with Crippen LogP contribution in [0.1, 0.15) is 19.8 Å². The van der Waals surface area contributed by atoms with Gasteiger partial charge < -0.3 is 5.50 Å². The molecule has 7 heavy (non-hydrogen) atoms. The van der Waals surface area contributed by atoms with Gasteiger partial charge in [0, 0.05) is 0 Å². The summed E-state index contributed by atoms with van der Waals surface area (Å²) in [4.78, 5) is 0. The summed E-state index contributed by atoms with van der Waals surface area (Å²) in [6, 6.07) is 0. The lowest BCUT2D eigenvalue weighted by atomic mass is 10.4. The normalized spacial score (nSPS) is 9.43. The van der Waals surface area contributed by atoms with Crippen LogP contribution in [0.5, 0.6) is 0 Å². The zero-order valence-electron chi connectivity index (χ0n) is 4.61. The maximum atomic E-state index is 5.24. The molecule has 2 N–H and O–H groups in total. The Kier molecular flexibility index (Phi) is 16.0. The van der Waals surface area contributed by atoms with Crippen molar-refractivity contribution in [3.8, 4) is 0 Å². The molecule has 0 fully saturated rings. The van der Waals surface area contributed by atoms with E-state index in [1.165, 1.54) is 19.0 Å². The van der Waals surface area contributed by atoms with E-state index in [0.29, 0.717) is 8.73 Å². The highest BCUT2D eigenvalue weighted by Crippen LogP contribution is 1.99. The second-order valence-electron chi connectivity index (χ2n) is 1.31. The Morgan fingerprint density at radius 2 is 2.14 bits per heavy atom. The molecule has 1 nitrogen and oxygen atoms in total. The molecule has 0 bridgehead atoms. The summed E-state index contributed by atoms with van der Waals surface area (Å²) in [6.07, 6.45) is 3.80. The van der Waals surface area contributed by atoms with E-state index in [0.717, 1.165) is 0 Å². The standard InChI is InChI=1S/C4H12NP.HI/c1-2-3-4-6-5;/h6H,2-5H2,1H3;1H. The SMILES string of the molecule is CCCCPN.I. The molecule has 46 valence electrons. The molecule has 0 aliphatic heterocycles. The predicted molar refractivity (Wildman–Crippen MR) is 47.7 cm³/mol. The fraction of sp³-hybridized carbons (Fsp3) is 1.00. The van der Waals surface area contributed by atoms with Gasteiger partial charge in [-0.2, -0.15) is 0 Å². The van der Waals surface area contributed by atoms with Crippen molar-refractivity contribution >= 4 is 32.7 Å². The van der Waals surface area contributed by atoms with E-state index in [4.69, 9.17) is 5.50 Å². The van der Waals surface area contributed by atoms with Crippen LogP contribution in [0.25, 0.3) is 0 Å². The van der Waals surface area contributed by atoms with Crippen molar-refractivity contribution in [3.63, 3.8) is 0 Å². The Balaban J connectivity index is 0. The minimum absolute atomic E-state index is 0. The summed E-state index contributed by atoms with van der Waals surface area (Å²) in [5, 5.41) is 0. The lowest BCUT2D eigenvalue weighted by molar-refractivity contribution is 0.894. The Morgan fingerprint density at radius 1 is 1.57 bits per heavy atom. The van der Waals surface area contributed by atoms with Gasteiger partial charge in [-0.15, -0.1) is 24.0 Å². The average Bonchev–Trinajstić information content (AvgIpc) is 1.61. The Morgan fingerprint density at radius 3 is 2.29 bits per heavy atom. The van der Waals surface area contributed by atoms with Gasteiger partial charge >= 0.3 is 0 Å². The minimum atomic E-state index is 0. The van der Waals surface area contributed by atoms with Crippen LogP contribution in [-0.2, 0) is 0 Å². The molecule has 1 atom stereocenters. The zero-order chi connectivity index (χ0) is 4.83. The van der Waals surface area contributed by atoms with Crippen LogP contribution in [0, 0.1) is 0 Å². The largest absolute Gasteiger partial charge is 0.312 e. The molecule has 0 aliphatic rings. The molecule has 0 radical (unpaired) electrons. The predicted octanol–water partition coefficient (Wildman–Crippen LogP) is 1.96. The lowest BCUT2D eigenvalue weighted by Gasteiger charge is -1.86. The smallest absolute Gasteiger partial charge is 0.0225 e. The topological polar surface area (TPSA) is 26.0 Å². The van der Waals surface area contributed by atoms with Crippen molar-refractivity contribution in [3.05, 3.63) is 0 Å². The van der Waals surface area contributed by atoms with Crippen LogP contribution in [0.15, 0.2) is 0 Å². The van der Waals surface area contributed by atoms with Crippen LogP contribution >= 0.6 is 32.7 Å². The molecular formula is C4H13INP. The Hall–Kier alpha value is 1.12. The highest BCUT2D eigenvalue weighted by molar-refractivity contribution is 14.0. The summed E-state index contributed by atoms with van der Waals surface area (Å²) >= 11 is 0.